The first-order valence-corrected chi connectivity index (χ1v) is 11.4. The molecule has 4 rings (SSSR count). The van der Waals surface area contributed by atoms with E-state index in [0.29, 0.717) is 54.1 Å². The van der Waals surface area contributed by atoms with E-state index < -0.39 is 0 Å². The zero-order chi connectivity index (χ0) is 21.1. The van der Waals surface area contributed by atoms with Crippen LogP contribution in [0.3, 0.4) is 0 Å². The van der Waals surface area contributed by atoms with Crippen molar-refractivity contribution in [1.82, 2.24) is 14.5 Å². The molecule has 7 heteroatoms. The number of carbonyl (C=O) groups is 1. The number of amides is 1. The second-order valence-corrected chi connectivity index (χ2v) is 8.72. The van der Waals surface area contributed by atoms with E-state index >= 15 is 0 Å². The van der Waals surface area contributed by atoms with Gasteiger partial charge in [0.15, 0.2) is 0 Å². The van der Waals surface area contributed by atoms with Gasteiger partial charge in [-0.1, -0.05) is 30.9 Å². The molecule has 2 aromatic rings. The summed E-state index contributed by atoms with van der Waals surface area (Å²) in [4.78, 5) is 32.6. The first kappa shape index (κ1) is 20.9. The lowest BCUT2D eigenvalue weighted by molar-refractivity contribution is 0.0732. The van der Waals surface area contributed by atoms with Crippen LogP contribution in [0.25, 0.3) is 0 Å². The van der Waals surface area contributed by atoms with E-state index in [1.807, 2.05) is 6.92 Å². The highest BCUT2D eigenvalue weighted by Gasteiger charge is 2.27. The smallest absolute Gasteiger partial charge is 0.260 e. The summed E-state index contributed by atoms with van der Waals surface area (Å²) < 4.78 is 1.71. The third-order valence-electron chi connectivity index (χ3n) is 6.28. The van der Waals surface area contributed by atoms with Crippen LogP contribution in [0.2, 0.25) is 5.02 Å². The van der Waals surface area contributed by atoms with Gasteiger partial charge in [-0.2, -0.15) is 0 Å². The highest BCUT2D eigenvalue weighted by molar-refractivity contribution is 6.30. The fourth-order valence-corrected chi connectivity index (χ4v) is 4.64. The van der Waals surface area contributed by atoms with Crippen LogP contribution in [0.1, 0.15) is 60.6 Å². The molecule has 30 heavy (non-hydrogen) atoms. The molecule has 0 saturated heterocycles. The van der Waals surface area contributed by atoms with Gasteiger partial charge in [0.2, 0.25) is 5.95 Å². The van der Waals surface area contributed by atoms with Gasteiger partial charge in [-0.15, -0.1) is 0 Å². The van der Waals surface area contributed by atoms with Crippen LogP contribution in [-0.4, -0.2) is 33.4 Å². The molecular formula is C23H29ClN4O2. The Bertz CT molecular complexity index is 964. The number of carbonyl (C=O) groups excluding carboxylic acids is 1. The molecule has 1 aromatic carbocycles. The zero-order valence-electron chi connectivity index (χ0n) is 17.5. The molecule has 6 nitrogen and oxygen atoms in total. The number of nitrogens with one attached hydrogen (secondary N) is 1. The summed E-state index contributed by atoms with van der Waals surface area (Å²) in [6, 6.07) is 6.87. The molecule has 2 heterocycles. The van der Waals surface area contributed by atoms with Crippen molar-refractivity contribution >= 4 is 23.5 Å². The first-order valence-electron chi connectivity index (χ1n) is 11.0. The molecule has 0 bridgehead atoms. The number of rotatable bonds is 5. The van der Waals surface area contributed by atoms with Crippen LogP contribution in [0.5, 0.6) is 0 Å². The van der Waals surface area contributed by atoms with Crippen molar-refractivity contribution in [3.63, 3.8) is 0 Å². The van der Waals surface area contributed by atoms with E-state index in [9.17, 15) is 9.59 Å². The number of nitrogens with zero attached hydrogens (tertiary/aromatic N) is 3. The van der Waals surface area contributed by atoms with Crippen LogP contribution in [0.15, 0.2) is 29.1 Å². The van der Waals surface area contributed by atoms with Gasteiger partial charge in [-0.05, 0) is 49.9 Å². The summed E-state index contributed by atoms with van der Waals surface area (Å²) in [6.45, 7) is 4.23. The minimum atomic E-state index is -0.0840. The van der Waals surface area contributed by atoms with E-state index in [1.165, 1.54) is 32.1 Å². The van der Waals surface area contributed by atoms with E-state index in [-0.39, 0.29) is 11.5 Å². The Balaban J connectivity index is 1.53. The summed E-state index contributed by atoms with van der Waals surface area (Å²) in [5.74, 6) is 1.24. The van der Waals surface area contributed by atoms with Gasteiger partial charge in [0.1, 0.15) is 0 Å². The Morgan fingerprint density at radius 1 is 1.20 bits per heavy atom. The molecule has 1 saturated carbocycles. The quantitative estimate of drug-likeness (QED) is 0.778. The summed E-state index contributed by atoms with van der Waals surface area (Å²) in [5.41, 5.74) is 1.99. The first-order chi connectivity index (χ1) is 14.6. The number of hydrogen-bond acceptors (Lipinski definition) is 4. The molecule has 1 N–H and O–H groups in total. The summed E-state index contributed by atoms with van der Waals surface area (Å²) in [6.07, 6.45) is 7.00. The molecule has 0 spiro atoms. The molecule has 2 aliphatic rings. The molecule has 1 aromatic heterocycles. The highest BCUT2D eigenvalue weighted by atomic mass is 35.5. The van der Waals surface area contributed by atoms with Crippen LogP contribution < -0.4 is 10.9 Å². The lowest BCUT2D eigenvalue weighted by Gasteiger charge is -2.29. The monoisotopic (exact) mass is 428 g/mol. The van der Waals surface area contributed by atoms with Crippen molar-refractivity contribution in [3.05, 3.63) is 56.5 Å². The maximum Gasteiger partial charge on any atom is 0.260 e. The molecule has 1 fully saturated rings. The number of fused-ring (bicyclic) bond motifs is 1. The van der Waals surface area contributed by atoms with Gasteiger partial charge in [0.05, 0.1) is 17.8 Å². The number of aromatic nitrogens is 2. The third-order valence-corrected chi connectivity index (χ3v) is 6.54. The molecule has 0 atom stereocenters. The molecule has 160 valence electrons. The topological polar surface area (TPSA) is 67.2 Å². The number of anilines is 1. The second-order valence-electron chi connectivity index (χ2n) is 8.28. The standard InChI is InChI=1S/C23H29ClN4O2/c1-2-28-22(30)19-15-27(21(29)17-8-10-18(24)11-9-17)13-12-20(19)26-23(28)25-14-16-6-4-3-5-7-16/h8-11,16H,2-7,12-15H2,1H3,(H,25,26). The van der Waals surface area contributed by atoms with Crippen molar-refractivity contribution in [1.29, 1.82) is 0 Å². The van der Waals surface area contributed by atoms with Gasteiger partial charge >= 0.3 is 0 Å². The van der Waals surface area contributed by atoms with Crippen LogP contribution in [0, 0.1) is 5.92 Å². The van der Waals surface area contributed by atoms with E-state index in [0.717, 1.165) is 12.2 Å². The normalized spacial score (nSPS) is 16.9. The molecule has 0 unspecified atom stereocenters. The summed E-state index contributed by atoms with van der Waals surface area (Å²) in [5, 5.41) is 4.04. The maximum atomic E-state index is 13.2. The average molecular weight is 429 g/mol. The Hall–Kier alpha value is -2.34. The van der Waals surface area contributed by atoms with Crippen molar-refractivity contribution in [2.75, 3.05) is 18.4 Å². The Kier molecular flexibility index (Phi) is 6.42. The van der Waals surface area contributed by atoms with Gasteiger partial charge in [-0.25, -0.2) is 4.98 Å². The predicted octanol–water partition coefficient (Wildman–Crippen LogP) is 4.11. The van der Waals surface area contributed by atoms with Gasteiger partial charge < -0.3 is 10.2 Å². The highest BCUT2D eigenvalue weighted by Crippen LogP contribution is 2.24. The van der Waals surface area contributed by atoms with E-state index in [2.05, 4.69) is 5.32 Å². The Labute approximate surface area is 182 Å². The minimum Gasteiger partial charge on any atom is -0.355 e. The van der Waals surface area contributed by atoms with Gasteiger partial charge in [0, 0.05) is 36.6 Å². The van der Waals surface area contributed by atoms with Gasteiger partial charge in [-0.3, -0.25) is 14.2 Å². The zero-order valence-corrected chi connectivity index (χ0v) is 18.2. The van der Waals surface area contributed by atoms with Crippen molar-refractivity contribution in [3.8, 4) is 0 Å². The van der Waals surface area contributed by atoms with Crippen molar-refractivity contribution < 1.29 is 4.79 Å². The van der Waals surface area contributed by atoms with Crippen LogP contribution in [-0.2, 0) is 19.5 Å². The lowest BCUT2D eigenvalue weighted by Crippen LogP contribution is -2.41. The maximum absolute atomic E-state index is 13.2. The largest absolute Gasteiger partial charge is 0.355 e. The van der Waals surface area contributed by atoms with Crippen LogP contribution >= 0.6 is 11.6 Å². The Morgan fingerprint density at radius 2 is 1.93 bits per heavy atom. The number of hydrogen-bond donors (Lipinski definition) is 1. The lowest BCUT2D eigenvalue weighted by atomic mass is 9.89. The molecule has 0 radical (unpaired) electrons. The van der Waals surface area contributed by atoms with Crippen LogP contribution in [0.4, 0.5) is 5.95 Å². The molecule has 1 amide bonds. The van der Waals surface area contributed by atoms with E-state index in [4.69, 9.17) is 16.6 Å². The molecule has 1 aliphatic carbocycles. The summed E-state index contributed by atoms with van der Waals surface area (Å²) >= 11 is 5.93. The van der Waals surface area contributed by atoms with Crippen molar-refractivity contribution in [2.24, 2.45) is 5.92 Å². The summed E-state index contributed by atoms with van der Waals surface area (Å²) in [7, 11) is 0. The van der Waals surface area contributed by atoms with Crippen molar-refractivity contribution in [2.45, 2.75) is 58.5 Å². The molecular weight excluding hydrogens is 400 g/mol. The number of benzene rings is 1. The van der Waals surface area contributed by atoms with Gasteiger partial charge in [0.25, 0.3) is 11.5 Å². The molecule has 1 aliphatic heterocycles. The SMILES string of the molecule is CCn1c(NCC2CCCCC2)nc2c(c1=O)CN(C(=O)c1ccc(Cl)cc1)CC2. The number of halogens is 1. The predicted molar refractivity (Wildman–Crippen MR) is 119 cm³/mol. The fourth-order valence-electron chi connectivity index (χ4n) is 4.52. The van der Waals surface area contributed by atoms with E-state index in [1.54, 1.807) is 33.7 Å². The second kappa shape index (κ2) is 9.21. The Morgan fingerprint density at radius 3 is 2.63 bits per heavy atom. The fraction of sp³-hybridized carbons (Fsp3) is 0.522. The minimum absolute atomic E-state index is 0.0396. The third kappa shape index (κ3) is 4.38. The average Bonchev–Trinajstić information content (AvgIpc) is 2.78.